The fourth-order valence-electron chi connectivity index (χ4n) is 1.61. The standard InChI is InChI=1S/C12H12ClNO3/c13-9-1-3-11(4-2-9)17-12(16)14-7-5-10(15)6-8-14/h1-4H,5-8H2. The van der Waals surface area contributed by atoms with Gasteiger partial charge in [-0.1, -0.05) is 11.6 Å². The van der Waals surface area contributed by atoms with Crippen LogP contribution in [0.15, 0.2) is 24.3 Å². The molecule has 4 nitrogen and oxygen atoms in total. The van der Waals surface area contributed by atoms with Crippen LogP contribution < -0.4 is 4.74 Å². The SMILES string of the molecule is O=C1CCN(C(=O)Oc2ccc(Cl)cc2)CC1. The van der Waals surface area contributed by atoms with E-state index in [1.54, 1.807) is 24.3 Å². The van der Waals surface area contributed by atoms with Crippen molar-refractivity contribution in [3.8, 4) is 5.75 Å². The van der Waals surface area contributed by atoms with Crippen LogP contribution in [0.5, 0.6) is 5.75 Å². The van der Waals surface area contributed by atoms with E-state index >= 15 is 0 Å². The van der Waals surface area contributed by atoms with Gasteiger partial charge in [0.2, 0.25) is 0 Å². The topological polar surface area (TPSA) is 46.6 Å². The molecule has 0 saturated carbocycles. The molecule has 2 rings (SSSR count). The van der Waals surface area contributed by atoms with Crippen LogP contribution in [-0.4, -0.2) is 29.9 Å². The van der Waals surface area contributed by atoms with Gasteiger partial charge in [0.05, 0.1) is 0 Å². The van der Waals surface area contributed by atoms with Crippen molar-refractivity contribution < 1.29 is 14.3 Å². The van der Waals surface area contributed by atoms with Crippen LogP contribution in [0.3, 0.4) is 0 Å². The average molecular weight is 254 g/mol. The maximum atomic E-state index is 11.7. The molecule has 0 unspecified atom stereocenters. The normalized spacial score (nSPS) is 15.8. The van der Waals surface area contributed by atoms with Gasteiger partial charge in [-0.2, -0.15) is 0 Å². The summed E-state index contributed by atoms with van der Waals surface area (Å²) >= 11 is 5.72. The number of piperidine rings is 1. The summed E-state index contributed by atoms with van der Waals surface area (Å²) in [5, 5.41) is 0.591. The van der Waals surface area contributed by atoms with Gasteiger partial charge in [-0.15, -0.1) is 0 Å². The molecule has 90 valence electrons. The number of rotatable bonds is 1. The Kier molecular flexibility index (Phi) is 3.64. The number of carbonyl (C=O) groups excluding carboxylic acids is 2. The quantitative estimate of drug-likeness (QED) is 0.773. The first-order valence-electron chi connectivity index (χ1n) is 5.39. The Morgan fingerprint density at radius 3 is 2.35 bits per heavy atom. The number of nitrogens with zero attached hydrogens (tertiary/aromatic N) is 1. The second kappa shape index (κ2) is 5.19. The van der Waals surface area contributed by atoms with E-state index in [9.17, 15) is 9.59 Å². The highest BCUT2D eigenvalue weighted by Crippen LogP contribution is 2.17. The number of hydrogen-bond donors (Lipinski definition) is 0. The van der Waals surface area contributed by atoms with Gasteiger partial charge in [0.15, 0.2) is 0 Å². The van der Waals surface area contributed by atoms with Crippen molar-refractivity contribution in [1.29, 1.82) is 0 Å². The summed E-state index contributed by atoms with van der Waals surface area (Å²) in [4.78, 5) is 24.3. The molecule has 1 heterocycles. The predicted octanol–water partition coefficient (Wildman–Crippen LogP) is 2.50. The lowest BCUT2D eigenvalue weighted by molar-refractivity contribution is -0.121. The minimum absolute atomic E-state index is 0.195. The molecule has 1 fully saturated rings. The molecule has 1 saturated heterocycles. The van der Waals surface area contributed by atoms with Crippen LogP contribution in [0, 0.1) is 0 Å². The minimum atomic E-state index is -0.417. The number of ether oxygens (including phenoxy) is 1. The summed E-state index contributed by atoms with van der Waals surface area (Å²) < 4.78 is 5.16. The van der Waals surface area contributed by atoms with Crippen molar-refractivity contribution in [1.82, 2.24) is 4.90 Å². The summed E-state index contributed by atoms with van der Waals surface area (Å²) in [6, 6.07) is 6.58. The summed E-state index contributed by atoms with van der Waals surface area (Å²) in [6.45, 7) is 0.872. The fraction of sp³-hybridized carbons (Fsp3) is 0.333. The van der Waals surface area contributed by atoms with Crippen LogP contribution in [-0.2, 0) is 4.79 Å². The molecule has 0 atom stereocenters. The van der Waals surface area contributed by atoms with Crippen molar-refractivity contribution in [3.63, 3.8) is 0 Å². The predicted molar refractivity (Wildman–Crippen MR) is 63.3 cm³/mol. The van der Waals surface area contributed by atoms with Gasteiger partial charge in [0, 0.05) is 31.0 Å². The molecule has 0 N–H and O–H groups in total. The molecule has 0 radical (unpaired) electrons. The van der Waals surface area contributed by atoms with Gasteiger partial charge < -0.3 is 9.64 Å². The van der Waals surface area contributed by atoms with Crippen molar-refractivity contribution in [3.05, 3.63) is 29.3 Å². The van der Waals surface area contributed by atoms with Crippen molar-refractivity contribution in [2.45, 2.75) is 12.8 Å². The van der Waals surface area contributed by atoms with Gasteiger partial charge in [0.25, 0.3) is 0 Å². The highest BCUT2D eigenvalue weighted by atomic mass is 35.5. The molecule has 1 aromatic rings. The average Bonchev–Trinajstić information content (AvgIpc) is 2.33. The van der Waals surface area contributed by atoms with E-state index in [-0.39, 0.29) is 5.78 Å². The molecular formula is C12H12ClNO3. The van der Waals surface area contributed by atoms with Crippen LogP contribution in [0.4, 0.5) is 4.79 Å². The van der Waals surface area contributed by atoms with Crippen LogP contribution in [0.2, 0.25) is 5.02 Å². The first-order valence-corrected chi connectivity index (χ1v) is 5.77. The number of Topliss-reactive ketones (excluding diaryl/α,β-unsaturated/α-hetero) is 1. The second-order valence-electron chi connectivity index (χ2n) is 3.85. The van der Waals surface area contributed by atoms with E-state index in [0.29, 0.717) is 36.7 Å². The Morgan fingerprint density at radius 1 is 1.18 bits per heavy atom. The lowest BCUT2D eigenvalue weighted by Gasteiger charge is -2.24. The van der Waals surface area contributed by atoms with Crippen LogP contribution in [0.25, 0.3) is 0 Å². The summed E-state index contributed by atoms with van der Waals surface area (Å²) in [5.41, 5.74) is 0. The Bertz CT molecular complexity index is 420. The van der Waals surface area contributed by atoms with Crippen LogP contribution >= 0.6 is 11.6 Å². The number of hydrogen-bond acceptors (Lipinski definition) is 3. The van der Waals surface area contributed by atoms with Gasteiger partial charge in [-0.25, -0.2) is 4.79 Å². The summed E-state index contributed by atoms with van der Waals surface area (Å²) in [7, 11) is 0. The van der Waals surface area contributed by atoms with E-state index in [4.69, 9.17) is 16.3 Å². The number of ketones is 1. The number of carbonyl (C=O) groups is 2. The van der Waals surface area contributed by atoms with Crippen molar-refractivity contribution in [2.24, 2.45) is 0 Å². The maximum absolute atomic E-state index is 11.7. The number of halogens is 1. The molecule has 5 heteroatoms. The summed E-state index contributed by atoms with van der Waals surface area (Å²) in [5.74, 6) is 0.650. The van der Waals surface area contributed by atoms with Gasteiger partial charge >= 0.3 is 6.09 Å². The third kappa shape index (κ3) is 3.20. The molecule has 0 spiro atoms. The van der Waals surface area contributed by atoms with Gasteiger partial charge in [-0.05, 0) is 24.3 Å². The molecular weight excluding hydrogens is 242 g/mol. The number of likely N-dealkylation sites (tertiary alicyclic amines) is 1. The Labute approximate surface area is 104 Å². The van der Waals surface area contributed by atoms with Gasteiger partial charge in [0.1, 0.15) is 11.5 Å². The van der Waals surface area contributed by atoms with E-state index in [0.717, 1.165) is 0 Å². The highest BCUT2D eigenvalue weighted by molar-refractivity contribution is 6.30. The number of amides is 1. The lowest BCUT2D eigenvalue weighted by atomic mass is 10.1. The van der Waals surface area contributed by atoms with E-state index < -0.39 is 6.09 Å². The zero-order valence-electron chi connectivity index (χ0n) is 9.19. The molecule has 1 aliphatic rings. The Morgan fingerprint density at radius 2 is 1.76 bits per heavy atom. The molecule has 1 amide bonds. The van der Waals surface area contributed by atoms with Crippen molar-refractivity contribution >= 4 is 23.5 Å². The largest absolute Gasteiger partial charge is 0.415 e. The monoisotopic (exact) mass is 253 g/mol. The molecule has 0 aromatic heterocycles. The van der Waals surface area contributed by atoms with Crippen LogP contribution in [0.1, 0.15) is 12.8 Å². The van der Waals surface area contributed by atoms with E-state index in [2.05, 4.69) is 0 Å². The van der Waals surface area contributed by atoms with E-state index in [1.807, 2.05) is 0 Å². The zero-order valence-corrected chi connectivity index (χ0v) is 9.94. The van der Waals surface area contributed by atoms with Crippen molar-refractivity contribution in [2.75, 3.05) is 13.1 Å². The maximum Gasteiger partial charge on any atom is 0.415 e. The first kappa shape index (κ1) is 11.9. The van der Waals surface area contributed by atoms with E-state index in [1.165, 1.54) is 4.90 Å². The first-order chi connectivity index (χ1) is 8.15. The minimum Gasteiger partial charge on any atom is -0.410 e. The number of benzene rings is 1. The fourth-order valence-corrected chi connectivity index (χ4v) is 1.73. The lowest BCUT2D eigenvalue weighted by Crippen LogP contribution is -2.40. The smallest absolute Gasteiger partial charge is 0.410 e. The molecule has 1 aromatic carbocycles. The third-order valence-electron chi connectivity index (χ3n) is 2.60. The molecule has 1 aliphatic heterocycles. The highest BCUT2D eigenvalue weighted by Gasteiger charge is 2.22. The molecule has 0 aliphatic carbocycles. The molecule has 17 heavy (non-hydrogen) atoms. The Balaban J connectivity index is 1.92. The molecule has 0 bridgehead atoms. The third-order valence-corrected chi connectivity index (χ3v) is 2.85. The van der Waals surface area contributed by atoms with Gasteiger partial charge in [-0.3, -0.25) is 4.79 Å². The zero-order chi connectivity index (χ0) is 12.3. The Hall–Kier alpha value is -1.55. The summed E-state index contributed by atoms with van der Waals surface area (Å²) in [6.07, 6.45) is 0.408. The second-order valence-corrected chi connectivity index (χ2v) is 4.28.